The highest BCUT2D eigenvalue weighted by atomic mass is 32.2. The van der Waals surface area contributed by atoms with Crippen LogP contribution in [0.4, 0.5) is 0 Å². The van der Waals surface area contributed by atoms with Crippen molar-refractivity contribution in [3.05, 3.63) is 29.3 Å². The van der Waals surface area contributed by atoms with Gasteiger partial charge in [0.15, 0.2) is 0 Å². The van der Waals surface area contributed by atoms with Crippen molar-refractivity contribution >= 4 is 16.0 Å². The Bertz CT molecular complexity index is 669. The molecular weight excluding hydrogens is 314 g/mol. The Morgan fingerprint density at radius 2 is 2.09 bits per heavy atom. The van der Waals surface area contributed by atoms with Gasteiger partial charge in [-0.2, -0.15) is 0 Å². The van der Waals surface area contributed by atoms with Crippen molar-refractivity contribution in [1.29, 1.82) is 0 Å². The molecule has 0 aliphatic carbocycles. The van der Waals surface area contributed by atoms with Gasteiger partial charge in [0.05, 0.1) is 11.7 Å². The molecular formula is C17H25NO4S. The number of nitrogens with zero attached hydrogens (tertiary/aromatic N) is 1. The summed E-state index contributed by atoms with van der Waals surface area (Å²) in [4.78, 5) is 12.4. The molecule has 1 aromatic rings. The molecule has 128 valence electrons. The number of hydrogen-bond acceptors (Lipinski definition) is 4. The van der Waals surface area contributed by atoms with Gasteiger partial charge in [-0.1, -0.05) is 19.1 Å². The third-order valence-electron chi connectivity index (χ3n) is 4.13. The molecule has 1 fully saturated rings. The summed E-state index contributed by atoms with van der Waals surface area (Å²) < 4.78 is 31.3. The molecule has 6 heteroatoms. The SMILES string of the molecule is CCCS(=O)(=O)N1CCC[C@@H](C(=O)Oc2cc(C)ccc2C)C1. The third-order valence-corrected chi connectivity index (χ3v) is 6.17. The predicted octanol–water partition coefficient (Wildman–Crippen LogP) is 2.66. The van der Waals surface area contributed by atoms with Crippen molar-refractivity contribution in [3.8, 4) is 5.75 Å². The van der Waals surface area contributed by atoms with Crippen LogP contribution >= 0.6 is 0 Å². The maximum absolute atomic E-state index is 12.4. The molecule has 0 radical (unpaired) electrons. The number of piperidine rings is 1. The average molecular weight is 339 g/mol. The highest BCUT2D eigenvalue weighted by Gasteiger charge is 2.33. The molecule has 0 unspecified atom stereocenters. The van der Waals surface area contributed by atoms with Gasteiger partial charge in [-0.25, -0.2) is 12.7 Å². The van der Waals surface area contributed by atoms with Gasteiger partial charge >= 0.3 is 5.97 Å². The van der Waals surface area contributed by atoms with E-state index < -0.39 is 15.9 Å². The molecule has 0 saturated carbocycles. The fraction of sp³-hybridized carbons (Fsp3) is 0.588. The minimum atomic E-state index is -3.26. The molecule has 0 amide bonds. The van der Waals surface area contributed by atoms with Crippen LogP contribution < -0.4 is 4.74 Å². The van der Waals surface area contributed by atoms with Gasteiger partial charge in [0.1, 0.15) is 5.75 Å². The maximum atomic E-state index is 12.4. The second-order valence-electron chi connectivity index (χ2n) is 6.20. The van der Waals surface area contributed by atoms with Crippen LogP contribution in [0.15, 0.2) is 18.2 Å². The number of rotatable bonds is 5. The summed E-state index contributed by atoms with van der Waals surface area (Å²) in [6.45, 7) is 6.40. The Morgan fingerprint density at radius 1 is 1.35 bits per heavy atom. The van der Waals surface area contributed by atoms with E-state index >= 15 is 0 Å². The smallest absolute Gasteiger partial charge is 0.315 e. The van der Waals surface area contributed by atoms with Crippen LogP contribution in [-0.2, 0) is 14.8 Å². The van der Waals surface area contributed by atoms with Crippen LogP contribution in [0.1, 0.15) is 37.3 Å². The van der Waals surface area contributed by atoms with E-state index in [1.54, 1.807) is 0 Å². The number of aryl methyl sites for hydroxylation is 2. The molecule has 2 rings (SSSR count). The summed E-state index contributed by atoms with van der Waals surface area (Å²) in [5.41, 5.74) is 1.92. The maximum Gasteiger partial charge on any atom is 0.315 e. The number of ether oxygens (including phenoxy) is 1. The normalized spacial score (nSPS) is 19.5. The number of carbonyl (C=O) groups excluding carboxylic acids is 1. The first-order valence-corrected chi connectivity index (χ1v) is 9.71. The van der Waals surface area contributed by atoms with Gasteiger partial charge in [0.25, 0.3) is 0 Å². The lowest BCUT2D eigenvalue weighted by atomic mass is 10.00. The van der Waals surface area contributed by atoms with Gasteiger partial charge in [0, 0.05) is 13.1 Å². The second kappa shape index (κ2) is 7.45. The highest BCUT2D eigenvalue weighted by molar-refractivity contribution is 7.89. The summed E-state index contributed by atoms with van der Waals surface area (Å²) in [5.74, 6) is -0.0416. The van der Waals surface area contributed by atoms with Crippen molar-refractivity contribution in [1.82, 2.24) is 4.31 Å². The quantitative estimate of drug-likeness (QED) is 0.611. The van der Waals surface area contributed by atoms with Crippen LogP contribution in [0, 0.1) is 19.8 Å². The Hall–Kier alpha value is -1.40. The third kappa shape index (κ3) is 4.54. The Kier molecular flexibility index (Phi) is 5.81. The summed E-state index contributed by atoms with van der Waals surface area (Å²) in [6, 6.07) is 5.71. The Labute approximate surface area is 138 Å². The zero-order valence-corrected chi connectivity index (χ0v) is 14.9. The number of sulfonamides is 1. The predicted molar refractivity (Wildman–Crippen MR) is 89.9 cm³/mol. The van der Waals surface area contributed by atoms with E-state index in [0.29, 0.717) is 31.6 Å². The Balaban J connectivity index is 2.06. The van der Waals surface area contributed by atoms with Crippen LogP contribution in [0.5, 0.6) is 5.75 Å². The van der Waals surface area contributed by atoms with Gasteiger partial charge in [-0.3, -0.25) is 4.79 Å². The van der Waals surface area contributed by atoms with Crippen molar-refractivity contribution in [2.75, 3.05) is 18.8 Å². The molecule has 1 aliphatic heterocycles. The van der Waals surface area contributed by atoms with Gasteiger partial charge in [-0.15, -0.1) is 0 Å². The molecule has 0 bridgehead atoms. The molecule has 5 nitrogen and oxygen atoms in total. The number of benzene rings is 1. The molecule has 23 heavy (non-hydrogen) atoms. The average Bonchev–Trinajstić information content (AvgIpc) is 2.51. The lowest BCUT2D eigenvalue weighted by molar-refractivity contribution is -0.140. The zero-order chi connectivity index (χ0) is 17.0. The highest BCUT2D eigenvalue weighted by Crippen LogP contribution is 2.24. The number of esters is 1. The van der Waals surface area contributed by atoms with Crippen LogP contribution in [-0.4, -0.2) is 37.5 Å². The lowest BCUT2D eigenvalue weighted by Gasteiger charge is -2.30. The van der Waals surface area contributed by atoms with Gasteiger partial charge < -0.3 is 4.74 Å². The van der Waals surface area contributed by atoms with Crippen molar-refractivity contribution in [2.45, 2.75) is 40.0 Å². The molecule has 0 spiro atoms. The first kappa shape index (κ1) is 17.9. The summed E-state index contributed by atoms with van der Waals surface area (Å²) in [7, 11) is -3.26. The largest absolute Gasteiger partial charge is 0.426 e. The van der Waals surface area contributed by atoms with Crippen molar-refractivity contribution in [2.24, 2.45) is 5.92 Å². The van der Waals surface area contributed by atoms with E-state index in [1.807, 2.05) is 39.0 Å². The van der Waals surface area contributed by atoms with E-state index in [4.69, 9.17) is 4.74 Å². The molecule has 1 aliphatic rings. The monoisotopic (exact) mass is 339 g/mol. The van der Waals surface area contributed by atoms with Crippen LogP contribution in [0.3, 0.4) is 0 Å². The summed E-state index contributed by atoms with van der Waals surface area (Å²) in [6.07, 6.45) is 1.94. The van der Waals surface area contributed by atoms with E-state index in [9.17, 15) is 13.2 Å². The van der Waals surface area contributed by atoms with Crippen molar-refractivity contribution < 1.29 is 17.9 Å². The summed E-state index contributed by atoms with van der Waals surface area (Å²) >= 11 is 0. The topological polar surface area (TPSA) is 63.7 Å². The zero-order valence-electron chi connectivity index (χ0n) is 14.0. The molecule has 1 atom stereocenters. The minimum absolute atomic E-state index is 0.131. The molecule has 0 N–H and O–H groups in total. The molecule has 0 aromatic heterocycles. The van der Waals surface area contributed by atoms with E-state index in [-0.39, 0.29) is 18.3 Å². The van der Waals surface area contributed by atoms with Gasteiger partial charge in [-0.05, 0) is 50.3 Å². The van der Waals surface area contributed by atoms with E-state index in [0.717, 1.165) is 11.1 Å². The Morgan fingerprint density at radius 3 is 2.78 bits per heavy atom. The fourth-order valence-corrected chi connectivity index (χ4v) is 4.37. The van der Waals surface area contributed by atoms with Crippen LogP contribution in [0.2, 0.25) is 0 Å². The minimum Gasteiger partial charge on any atom is -0.426 e. The first-order valence-electron chi connectivity index (χ1n) is 8.10. The fourth-order valence-electron chi connectivity index (χ4n) is 2.78. The summed E-state index contributed by atoms with van der Waals surface area (Å²) in [5, 5.41) is 0. The van der Waals surface area contributed by atoms with Crippen LogP contribution in [0.25, 0.3) is 0 Å². The number of carbonyl (C=O) groups is 1. The lowest BCUT2D eigenvalue weighted by Crippen LogP contribution is -2.44. The van der Waals surface area contributed by atoms with E-state index in [1.165, 1.54) is 4.31 Å². The van der Waals surface area contributed by atoms with Crippen molar-refractivity contribution in [3.63, 3.8) is 0 Å². The molecule has 1 heterocycles. The standard InChI is InChI=1S/C17H25NO4S/c1-4-10-23(20,21)18-9-5-6-15(12-18)17(19)22-16-11-13(2)7-8-14(16)3/h7-8,11,15H,4-6,9-10,12H2,1-3H3/t15-/m1/s1. The van der Waals surface area contributed by atoms with E-state index in [2.05, 4.69) is 0 Å². The van der Waals surface area contributed by atoms with Gasteiger partial charge in [0.2, 0.25) is 10.0 Å². The molecule has 1 saturated heterocycles. The molecule has 1 aromatic carbocycles. The number of hydrogen-bond donors (Lipinski definition) is 0. The first-order chi connectivity index (χ1) is 10.8. The second-order valence-corrected chi connectivity index (χ2v) is 8.29.